The minimum absolute atomic E-state index is 0.00735. The van der Waals surface area contributed by atoms with E-state index < -0.39 is 10.0 Å². The standard InChI is InChI=1S/C13H23N3O4S/c1-10-13(11(2)15(3)14-10)21(18,19)16-6-4-12(5-7-16)20-9-8-17/h12,17H,4-9H2,1-3H3. The first-order valence-electron chi connectivity index (χ1n) is 7.10. The highest BCUT2D eigenvalue weighted by Crippen LogP contribution is 2.26. The van der Waals surface area contributed by atoms with E-state index >= 15 is 0 Å². The molecule has 0 aromatic carbocycles. The number of hydrogen-bond acceptors (Lipinski definition) is 5. The van der Waals surface area contributed by atoms with Crippen molar-refractivity contribution in [3.8, 4) is 0 Å². The van der Waals surface area contributed by atoms with Crippen molar-refractivity contribution in [1.82, 2.24) is 14.1 Å². The van der Waals surface area contributed by atoms with Crippen LogP contribution in [0.1, 0.15) is 24.2 Å². The van der Waals surface area contributed by atoms with E-state index in [1.807, 2.05) is 0 Å². The molecular weight excluding hydrogens is 294 g/mol. The van der Waals surface area contributed by atoms with Crippen molar-refractivity contribution >= 4 is 10.0 Å². The number of nitrogens with zero attached hydrogens (tertiary/aromatic N) is 3. The van der Waals surface area contributed by atoms with Crippen molar-refractivity contribution < 1.29 is 18.3 Å². The van der Waals surface area contributed by atoms with E-state index in [0.29, 0.717) is 48.8 Å². The fourth-order valence-electron chi connectivity index (χ4n) is 2.72. The van der Waals surface area contributed by atoms with Crippen LogP contribution in [-0.2, 0) is 21.8 Å². The van der Waals surface area contributed by atoms with Gasteiger partial charge in [0.1, 0.15) is 4.90 Å². The molecule has 2 heterocycles. The first-order chi connectivity index (χ1) is 9.87. The second kappa shape index (κ2) is 6.43. The Kier molecular flexibility index (Phi) is 5.03. The van der Waals surface area contributed by atoms with E-state index in [0.717, 1.165) is 0 Å². The molecule has 1 aromatic heterocycles. The molecule has 1 aliphatic heterocycles. The number of sulfonamides is 1. The molecule has 1 saturated heterocycles. The van der Waals surface area contributed by atoms with Crippen LogP contribution in [0.3, 0.4) is 0 Å². The van der Waals surface area contributed by atoms with Gasteiger partial charge in [0.2, 0.25) is 10.0 Å². The molecule has 120 valence electrons. The quantitative estimate of drug-likeness (QED) is 0.838. The molecule has 0 bridgehead atoms. The molecule has 0 spiro atoms. The van der Waals surface area contributed by atoms with Crippen LogP contribution < -0.4 is 0 Å². The Bertz CT molecular complexity index is 589. The largest absolute Gasteiger partial charge is 0.394 e. The van der Waals surface area contributed by atoms with Gasteiger partial charge < -0.3 is 9.84 Å². The van der Waals surface area contributed by atoms with Gasteiger partial charge in [-0.1, -0.05) is 0 Å². The average molecular weight is 317 g/mol. The molecule has 7 nitrogen and oxygen atoms in total. The summed E-state index contributed by atoms with van der Waals surface area (Å²) in [7, 11) is -1.76. The molecule has 0 atom stereocenters. The minimum Gasteiger partial charge on any atom is -0.394 e. The van der Waals surface area contributed by atoms with Gasteiger partial charge in [-0.3, -0.25) is 4.68 Å². The highest BCUT2D eigenvalue weighted by molar-refractivity contribution is 7.89. The number of aromatic nitrogens is 2. The number of hydrogen-bond donors (Lipinski definition) is 1. The SMILES string of the molecule is Cc1nn(C)c(C)c1S(=O)(=O)N1CCC(OCCO)CC1. The lowest BCUT2D eigenvalue weighted by Crippen LogP contribution is -2.41. The summed E-state index contributed by atoms with van der Waals surface area (Å²) >= 11 is 0. The van der Waals surface area contributed by atoms with Gasteiger partial charge in [0.25, 0.3) is 0 Å². The fraction of sp³-hybridized carbons (Fsp3) is 0.769. The summed E-state index contributed by atoms with van der Waals surface area (Å²) in [6.07, 6.45) is 1.33. The van der Waals surface area contributed by atoms with Crippen molar-refractivity contribution in [1.29, 1.82) is 0 Å². The van der Waals surface area contributed by atoms with Gasteiger partial charge in [-0.2, -0.15) is 9.40 Å². The van der Waals surface area contributed by atoms with E-state index in [2.05, 4.69) is 5.10 Å². The lowest BCUT2D eigenvalue weighted by atomic mass is 10.1. The van der Waals surface area contributed by atoms with Crippen LogP contribution in [0.2, 0.25) is 0 Å². The number of rotatable bonds is 5. The van der Waals surface area contributed by atoms with Crippen molar-refractivity contribution in [2.75, 3.05) is 26.3 Å². The zero-order chi connectivity index (χ0) is 15.6. The second-order valence-electron chi connectivity index (χ2n) is 5.32. The lowest BCUT2D eigenvalue weighted by Gasteiger charge is -2.31. The molecule has 2 rings (SSSR count). The molecule has 0 saturated carbocycles. The van der Waals surface area contributed by atoms with Crippen molar-refractivity contribution in [2.24, 2.45) is 7.05 Å². The maximum absolute atomic E-state index is 12.8. The van der Waals surface area contributed by atoms with Crippen LogP contribution in [0.4, 0.5) is 0 Å². The maximum atomic E-state index is 12.8. The van der Waals surface area contributed by atoms with Crippen LogP contribution in [0.25, 0.3) is 0 Å². The van der Waals surface area contributed by atoms with Crippen LogP contribution in [-0.4, -0.2) is 60.0 Å². The highest BCUT2D eigenvalue weighted by atomic mass is 32.2. The predicted molar refractivity (Wildman–Crippen MR) is 77.5 cm³/mol. The van der Waals surface area contributed by atoms with E-state index in [1.54, 1.807) is 25.6 Å². The Labute approximate surface area is 125 Å². The molecule has 8 heteroatoms. The molecule has 1 aliphatic rings. The highest BCUT2D eigenvalue weighted by Gasteiger charge is 2.33. The van der Waals surface area contributed by atoms with Crippen molar-refractivity contribution in [2.45, 2.75) is 37.7 Å². The molecular formula is C13H23N3O4S. The molecule has 1 fully saturated rings. The van der Waals surface area contributed by atoms with Gasteiger partial charge >= 0.3 is 0 Å². The average Bonchev–Trinajstić information content (AvgIpc) is 2.70. The molecule has 21 heavy (non-hydrogen) atoms. The normalized spacial score (nSPS) is 18.3. The Morgan fingerprint density at radius 1 is 1.33 bits per heavy atom. The number of aliphatic hydroxyl groups excluding tert-OH is 1. The first-order valence-corrected chi connectivity index (χ1v) is 8.54. The van der Waals surface area contributed by atoms with Crippen LogP contribution in [0.5, 0.6) is 0 Å². The maximum Gasteiger partial charge on any atom is 0.246 e. The van der Waals surface area contributed by atoms with E-state index in [4.69, 9.17) is 9.84 Å². The summed E-state index contributed by atoms with van der Waals surface area (Å²) in [5, 5.41) is 12.9. The first kappa shape index (κ1) is 16.4. The van der Waals surface area contributed by atoms with Gasteiger partial charge in [0.05, 0.1) is 30.7 Å². The predicted octanol–water partition coefficient (Wildman–Crippen LogP) is 0.199. The Balaban J connectivity index is 2.12. The van der Waals surface area contributed by atoms with E-state index in [-0.39, 0.29) is 12.7 Å². The topological polar surface area (TPSA) is 84.7 Å². The van der Waals surface area contributed by atoms with Gasteiger partial charge in [-0.15, -0.1) is 0 Å². The second-order valence-corrected chi connectivity index (χ2v) is 7.20. The van der Waals surface area contributed by atoms with Crippen molar-refractivity contribution in [3.05, 3.63) is 11.4 Å². The van der Waals surface area contributed by atoms with E-state index in [1.165, 1.54) is 4.31 Å². The number of aryl methyl sites for hydroxylation is 2. The van der Waals surface area contributed by atoms with Gasteiger partial charge in [0.15, 0.2) is 0 Å². The Morgan fingerprint density at radius 3 is 2.43 bits per heavy atom. The monoisotopic (exact) mass is 317 g/mol. The van der Waals surface area contributed by atoms with Crippen LogP contribution in [0.15, 0.2) is 4.90 Å². The summed E-state index contributed by atoms with van der Waals surface area (Å²) in [4.78, 5) is 0.319. The van der Waals surface area contributed by atoms with Crippen LogP contribution in [0, 0.1) is 13.8 Å². The zero-order valence-electron chi connectivity index (χ0n) is 12.7. The lowest BCUT2D eigenvalue weighted by molar-refractivity contribution is 0.00318. The molecule has 0 unspecified atom stereocenters. The van der Waals surface area contributed by atoms with Crippen LogP contribution >= 0.6 is 0 Å². The van der Waals surface area contributed by atoms with Gasteiger partial charge in [-0.25, -0.2) is 8.42 Å². The third kappa shape index (κ3) is 3.28. The third-order valence-electron chi connectivity index (χ3n) is 3.89. The number of ether oxygens (including phenoxy) is 1. The van der Waals surface area contributed by atoms with E-state index in [9.17, 15) is 8.42 Å². The van der Waals surface area contributed by atoms with Gasteiger partial charge in [-0.05, 0) is 26.7 Å². The summed E-state index contributed by atoms with van der Waals surface area (Å²) in [6.45, 7) is 4.66. The third-order valence-corrected chi connectivity index (χ3v) is 6.04. The zero-order valence-corrected chi connectivity index (χ0v) is 13.6. The number of aliphatic hydroxyl groups is 1. The minimum atomic E-state index is -3.50. The Morgan fingerprint density at radius 2 is 1.95 bits per heavy atom. The smallest absolute Gasteiger partial charge is 0.246 e. The summed E-state index contributed by atoms with van der Waals surface area (Å²) in [6, 6.07) is 0. The van der Waals surface area contributed by atoms with Gasteiger partial charge in [0, 0.05) is 20.1 Å². The fourth-order valence-corrected chi connectivity index (χ4v) is 4.58. The molecule has 0 aliphatic carbocycles. The molecule has 0 amide bonds. The molecule has 1 aromatic rings. The summed E-state index contributed by atoms with van der Waals surface area (Å²) in [5.74, 6) is 0. The van der Waals surface area contributed by atoms with Crippen molar-refractivity contribution in [3.63, 3.8) is 0 Å². The Hall–Kier alpha value is -0.960. The summed E-state index contributed by atoms with van der Waals surface area (Å²) in [5.41, 5.74) is 1.19. The molecule has 1 N–H and O–H groups in total. The summed E-state index contributed by atoms with van der Waals surface area (Å²) < 4.78 is 34.1. The number of piperidine rings is 1. The molecule has 0 radical (unpaired) electrons.